The van der Waals surface area contributed by atoms with Gasteiger partial charge in [-0.3, -0.25) is 4.90 Å². The van der Waals surface area contributed by atoms with Crippen molar-refractivity contribution in [2.45, 2.75) is 45.2 Å². The van der Waals surface area contributed by atoms with E-state index in [1.807, 2.05) is 0 Å². The molecule has 0 aromatic carbocycles. The first-order valence-corrected chi connectivity index (χ1v) is 5.30. The van der Waals surface area contributed by atoms with Crippen molar-refractivity contribution in [3.63, 3.8) is 0 Å². The van der Waals surface area contributed by atoms with Gasteiger partial charge in [0.15, 0.2) is 0 Å². The SMILES string of the molecule is C=C(CCN)C1CCCN1C(C)C. The summed E-state index contributed by atoms with van der Waals surface area (Å²) in [6.45, 7) is 10.6. The number of hydrogen-bond donors (Lipinski definition) is 1. The smallest absolute Gasteiger partial charge is 0.0308 e. The summed E-state index contributed by atoms with van der Waals surface area (Å²) in [7, 11) is 0. The van der Waals surface area contributed by atoms with E-state index in [4.69, 9.17) is 5.73 Å². The van der Waals surface area contributed by atoms with E-state index in [-0.39, 0.29) is 0 Å². The van der Waals surface area contributed by atoms with Crippen LogP contribution in [0.5, 0.6) is 0 Å². The molecular weight excluding hydrogens is 160 g/mol. The van der Waals surface area contributed by atoms with Crippen LogP contribution in [0.2, 0.25) is 0 Å². The second-order valence-electron chi connectivity index (χ2n) is 4.19. The van der Waals surface area contributed by atoms with Crippen molar-refractivity contribution in [2.75, 3.05) is 13.1 Å². The maximum absolute atomic E-state index is 5.54. The summed E-state index contributed by atoms with van der Waals surface area (Å²) >= 11 is 0. The van der Waals surface area contributed by atoms with Crippen LogP contribution in [-0.2, 0) is 0 Å². The van der Waals surface area contributed by atoms with Crippen molar-refractivity contribution < 1.29 is 0 Å². The summed E-state index contributed by atoms with van der Waals surface area (Å²) in [6, 6.07) is 1.24. The van der Waals surface area contributed by atoms with Crippen molar-refractivity contribution in [3.8, 4) is 0 Å². The Hall–Kier alpha value is -0.340. The molecule has 76 valence electrons. The Labute approximate surface area is 81.8 Å². The highest BCUT2D eigenvalue weighted by Crippen LogP contribution is 2.26. The van der Waals surface area contributed by atoms with Crippen molar-refractivity contribution in [1.82, 2.24) is 4.90 Å². The lowest BCUT2D eigenvalue weighted by molar-refractivity contribution is 0.224. The Morgan fingerprint density at radius 1 is 1.62 bits per heavy atom. The minimum Gasteiger partial charge on any atom is -0.330 e. The van der Waals surface area contributed by atoms with Crippen molar-refractivity contribution in [3.05, 3.63) is 12.2 Å². The quantitative estimate of drug-likeness (QED) is 0.671. The zero-order chi connectivity index (χ0) is 9.84. The molecule has 1 atom stereocenters. The van der Waals surface area contributed by atoms with Gasteiger partial charge in [0, 0.05) is 12.1 Å². The standard InChI is InChI=1S/C11H22N2/c1-9(2)13-8-4-5-11(13)10(3)6-7-12/h9,11H,3-8,12H2,1-2H3. The summed E-state index contributed by atoms with van der Waals surface area (Å²) < 4.78 is 0. The fourth-order valence-electron chi connectivity index (χ4n) is 2.20. The predicted molar refractivity (Wildman–Crippen MR) is 57.7 cm³/mol. The van der Waals surface area contributed by atoms with Gasteiger partial charge in [-0.1, -0.05) is 12.2 Å². The van der Waals surface area contributed by atoms with Gasteiger partial charge in [-0.05, 0) is 46.2 Å². The Morgan fingerprint density at radius 3 is 2.85 bits per heavy atom. The van der Waals surface area contributed by atoms with Crippen LogP contribution in [-0.4, -0.2) is 30.1 Å². The molecule has 1 unspecified atom stereocenters. The molecule has 0 amide bonds. The van der Waals surface area contributed by atoms with E-state index in [1.54, 1.807) is 0 Å². The zero-order valence-corrected chi connectivity index (χ0v) is 8.92. The number of nitrogens with zero attached hydrogens (tertiary/aromatic N) is 1. The zero-order valence-electron chi connectivity index (χ0n) is 8.92. The van der Waals surface area contributed by atoms with Crippen molar-refractivity contribution in [1.29, 1.82) is 0 Å². The molecule has 2 N–H and O–H groups in total. The van der Waals surface area contributed by atoms with Gasteiger partial charge in [0.05, 0.1) is 0 Å². The van der Waals surface area contributed by atoms with E-state index in [0.717, 1.165) is 13.0 Å². The molecule has 0 saturated carbocycles. The lowest BCUT2D eigenvalue weighted by atomic mass is 10.0. The Morgan fingerprint density at radius 2 is 2.31 bits per heavy atom. The van der Waals surface area contributed by atoms with Crippen LogP contribution >= 0.6 is 0 Å². The summed E-state index contributed by atoms with van der Waals surface area (Å²) in [5.41, 5.74) is 6.87. The lowest BCUT2D eigenvalue weighted by Crippen LogP contribution is -2.36. The van der Waals surface area contributed by atoms with E-state index in [2.05, 4.69) is 25.3 Å². The maximum atomic E-state index is 5.54. The molecule has 1 rings (SSSR count). The molecule has 2 nitrogen and oxygen atoms in total. The molecule has 0 aromatic rings. The number of hydrogen-bond acceptors (Lipinski definition) is 2. The Balaban J connectivity index is 2.52. The largest absolute Gasteiger partial charge is 0.330 e. The van der Waals surface area contributed by atoms with Gasteiger partial charge < -0.3 is 5.73 Å². The van der Waals surface area contributed by atoms with E-state index < -0.39 is 0 Å². The predicted octanol–water partition coefficient (Wildman–Crippen LogP) is 1.76. The highest BCUT2D eigenvalue weighted by atomic mass is 15.2. The molecule has 1 heterocycles. The van der Waals surface area contributed by atoms with Gasteiger partial charge in [-0.2, -0.15) is 0 Å². The van der Waals surface area contributed by atoms with E-state index in [0.29, 0.717) is 12.1 Å². The van der Waals surface area contributed by atoms with Crippen LogP contribution in [0.3, 0.4) is 0 Å². The fraction of sp³-hybridized carbons (Fsp3) is 0.818. The third kappa shape index (κ3) is 2.55. The van der Waals surface area contributed by atoms with Gasteiger partial charge in [0.25, 0.3) is 0 Å². The molecule has 0 bridgehead atoms. The Kier molecular flexibility index (Phi) is 3.94. The van der Waals surface area contributed by atoms with Crippen LogP contribution in [0.25, 0.3) is 0 Å². The lowest BCUT2D eigenvalue weighted by Gasteiger charge is -2.29. The molecule has 0 radical (unpaired) electrons. The molecule has 2 heteroatoms. The van der Waals surface area contributed by atoms with Gasteiger partial charge in [0.2, 0.25) is 0 Å². The monoisotopic (exact) mass is 182 g/mol. The Bertz CT molecular complexity index is 175. The molecule has 1 saturated heterocycles. The maximum Gasteiger partial charge on any atom is 0.0308 e. The second-order valence-corrected chi connectivity index (χ2v) is 4.19. The number of nitrogens with two attached hydrogens (primary N) is 1. The minimum atomic E-state index is 0.601. The van der Waals surface area contributed by atoms with Gasteiger partial charge in [-0.25, -0.2) is 0 Å². The summed E-state index contributed by atoms with van der Waals surface area (Å²) in [5, 5.41) is 0. The first-order valence-electron chi connectivity index (χ1n) is 5.30. The van der Waals surface area contributed by atoms with Crippen LogP contribution in [0.4, 0.5) is 0 Å². The molecular formula is C11H22N2. The summed E-state index contributed by atoms with van der Waals surface area (Å²) in [6.07, 6.45) is 3.57. The molecule has 0 aliphatic carbocycles. The molecule has 0 aromatic heterocycles. The summed E-state index contributed by atoms with van der Waals surface area (Å²) in [5.74, 6) is 0. The normalized spacial score (nSPS) is 24.2. The van der Waals surface area contributed by atoms with Crippen LogP contribution < -0.4 is 5.73 Å². The molecule has 13 heavy (non-hydrogen) atoms. The topological polar surface area (TPSA) is 29.3 Å². The van der Waals surface area contributed by atoms with E-state index >= 15 is 0 Å². The van der Waals surface area contributed by atoms with Gasteiger partial charge in [0.1, 0.15) is 0 Å². The minimum absolute atomic E-state index is 0.601. The highest BCUT2D eigenvalue weighted by Gasteiger charge is 2.27. The van der Waals surface area contributed by atoms with E-state index in [1.165, 1.54) is 25.0 Å². The van der Waals surface area contributed by atoms with Crippen LogP contribution in [0.1, 0.15) is 33.1 Å². The second kappa shape index (κ2) is 4.77. The van der Waals surface area contributed by atoms with Crippen LogP contribution in [0, 0.1) is 0 Å². The summed E-state index contributed by atoms with van der Waals surface area (Å²) in [4.78, 5) is 2.54. The first-order chi connectivity index (χ1) is 6.16. The molecule has 1 aliphatic rings. The van der Waals surface area contributed by atoms with Gasteiger partial charge >= 0.3 is 0 Å². The average molecular weight is 182 g/mol. The van der Waals surface area contributed by atoms with Crippen LogP contribution in [0.15, 0.2) is 12.2 Å². The third-order valence-electron chi connectivity index (χ3n) is 2.89. The molecule has 1 fully saturated rings. The highest BCUT2D eigenvalue weighted by molar-refractivity contribution is 5.09. The number of likely N-dealkylation sites (tertiary alicyclic amines) is 1. The molecule has 0 spiro atoms. The third-order valence-corrected chi connectivity index (χ3v) is 2.89. The van der Waals surface area contributed by atoms with Crippen molar-refractivity contribution in [2.24, 2.45) is 5.73 Å². The molecule has 1 aliphatic heterocycles. The average Bonchev–Trinajstić information content (AvgIpc) is 2.52. The van der Waals surface area contributed by atoms with Crippen molar-refractivity contribution >= 4 is 0 Å². The van der Waals surface area contributed by atoms with E-state index in [9.17, 15) is 0 Å². The van der Waals surface area contributed by atoms with Gasteiger partial charge in [-0.15, -0.1) is 0 Å². The number of rotatable bonds is 4. The fourth-order valence-corrected chi connectivity index (χ4v) is 2.20. The first kappa shape index (κ1) is 10.7.